The molecule has 0 aromatic heterocycles. The van der Waals surface area contributed by atoms with Crippen LogP contribution in [0.5, 0.6) is 0 Å². The molecule has 5 heteroatoms. The molecule has 0 spiro atoms. The molecular weight excluding hydrogens is 345 g/mol. The summed E-state index contributed by atoms with van der Waals surface area (Å²) in [6.07, 6.45) is 0.770. The highest BCUT2D eigenvalue weighted by atomic mass is 79.9. The van der Waals surface area contributed by atoms with Gasteiger partial charge in [0.25, 0.3) is 5.91 Å². The van der Waals surface area contributed by atoms with Crippen molar-refractivity contribution in [1.29, 1.82) is 0 Å². The van der Waals surface area contributed by atoms with E-state index >= 15 is 0 Å². The van der Waals surface area contributed by atoms with Crippen LogP contribution in [0.3, 0.4) is 0 Å². The first kappa shape index (κ1) is 15.0. The van der Waals surface area contributed by atoms with Crippen LogP contribution in [0.2, 0.25) is 5.02 Å². The molecule has 0 bridgehead atoms. The Kier molecular flexibility index (Phi) is 4.78. The molecule has 0 saturated carbocycles. The third-order valence-corrected chi connectivity index (χ3v) is 3.77. The molecule has 0 saturated heterocycles. The number of benzene rings is 2. The zero-order valence-corrected chi connectivity index (χ0v) is 13.1. The normalized spacial score (nSPS) is 10.4. The summed E-state index contributed by atoms with van der Waals surface area (Å²) in [7, 11) is 0. The SMILES string of the molecule is CCc1cc(Br)ccc1NC(=O)c1cccc(F)c1Cl. The Balaban J connectivity index is 2.30. The quantitative estimate of drug-likeness (QED) is 0.818. The van der Waals surface area contributed by atoms with Crippen LogP contribution in [0.4, 0.5) is 10.1 Å². The number of hydrogen-bond donors (Lipinski definition) is 1. The van der Waals surface area contributed by atoms with E-state index in [4.69, 9.17) is 11.6 Å². The molecule has 0 aliphatic heterocycles. The third-order valence-electron chi connectivity index (χ3n) is 2.89. The number of anilines is 1. The zero-order chi connectivity index (χ0) is 14.7. The second-order valence-corrected chi connectivity index (χ2v) is 5.50. The second kappa shape index (κ2) is 6.37. The summed E-state index contributed by atoms with van der Waals surface area (Å²) in [4.78, 5) is 12.2. The number of aryl methyl sites for hydroxylation is 1. The van der Waals surface area contributed by atoms with Crippen molar-refractivity contribution in [2.75, 3.05) is 5.32 Å². The predicted molar refractivity (Wildman–Crippen MR) is 82.9 cm³/mol. The van der Waals surface area contributed by atoms with Crippen molar-refractivity contribution in [2.45, 2.75) is 13.3 Å². The van der Waals surface area contributed by atoms with Crippen molar-refractivity contribution in [3.63, 3.8) is 0 Å². The highest BCUT2D eigenvalue weighted by Gasteiger charge is 2.14. The number of carbonyl (C=O) groups is 1. The Bertz CT molecular complexity index is 660. The van der Waals surface area contributed by atoms with Gasteiger partial charge in [0.15, 0.2) is 0 Å². The minimum Gasteiger partial charge on any atom is -0.322 e. The maximum Gasteiger partial charge on any atom is 0.257 e. The summed E-state index contributed by atoms with van der Waals surface area (Å²) in [6.45, 7) is 1.99. The number of carbonyl (C=O) groups excluding carboxylic acids is 1. The van der Waals surface area contributed by atoms with E-state index in [1.807, 2.05) is 19.1 Å². The van der Waals surface area contributed by atoms with Crippen molar-refractivity contribution < 1.29 is 9.18 Å². The predicted octanol–water partition coefficient (Wildman–Crippen LogP) is 5.06. The van der Waals surface area contributed by atoms with Crippen molar-refractivity contribution in [3.8, 4) is 0 Å². The van der Waals surface area contributed by atoms with Gasteiger partial charge in [-0.2, -0.15) is 0 Å². The lowest BCUT2D eigenvalue weighted by molar-refractivity contribution is 0.102. The second-order valence-electron chi connectivity index (χ2n) is 4.21. The summed E-state index contributed by atoms with van der Waals surface area (Å²) in [5.74, 6) is -1.03. The van der Waals surface area contributed by atoms with Gasteiger partial charge in [-0.3, -0.25) is 4.79 Å². The van der Waals surface area contributed by atoms with E-state index in [0.717, 1.165) is 16.5 Å². The molecule has 104 valence electrons. The largest absolute Gasteiger partial charge is 0.322 e. The Morgan fingerprint density at radius 2 is 2.10 bits per heavy atom. The van der Waals surface area contributed by atoms with Crippen LogP contribution in [0.25, 0.3) is 0 Å². The molecule has 0 radical (unpaired) electrons. The summed E-state index contributed by atoms with van der Waals surface area (Å²) in [6, 6.07) is 9.73. The molecule has 0 fully saturated rings. The summed E-state index contributed by atoms with van der Waals surface area (Å²) >= 11 is 9.20. The molecule has 2 rings (SSSR count). The van der Waals surface area contributed by atoms with Crippen LogP contribution in [-0.4, -0.2) is 5.91 Å². The van der Waals surface area contributed by atoms with Gasteiger partial charge in [0, 0.05) is 10.2 Å². The highest BCUT2D eigenvalue weighted by Crippen LogP contribution is 2.24. The van der Waals surface area contributed by atoms with E-state index in [-0.39, 0.29) is 10.6 Å². The van der Waals surface area contributed by atoms with Crippen LogP contribution < -0.4 is 5.32 Å². The first-order valence-electron chi connectivity index (χ1n) is 6.06. The topological polar surface area (TPSA) is 29.1 Å². The van der Waals surface area contributed by atoms with Gasteiger partial charge in [-0.05, 0) is 42.3 Å². The van der Waals surface area contributed by atoms with E-state index in [1.165, 1.54) is 18.2 Å². The molecular formula is C15H12BrClFNO. The van der Waals surface area contributed by atoms with Gasteiger partial charge in [0.05, 0.1) is 10.6 Å². The molecule has 2 nitrogen and oxygen atoms in total. The Morgan fingerprint density at radius 3 is 2.80 bits per heavy atom. The van der Waals surface area contributed by atoms with Crippen molar-refractivity contribution >= 4 is 39.1 Å². The van der Waals surface area contributed by atoms with Gasteiger partial charge in [-0.25, -0.2) is 4.39 Å². The lowest BCUT2D eigenvalue weighted by Crippen LogP contribution is -2.14. The molecule has 2 aromatic rings. The monoisotopic (exact) mass is 355 g/mol. The van der Waals surface area contributed by atoms with Crippen molar-refractivity contribution in [1.82, 2.24) is 0 Å². The third kappa shape index (κ3) is 3.19. The fourth-order valence-electron chi connectivity index (χ4n) is 1.85. The van der Waals surface area contributed by atoms with E-state index in [9.17, 15) is 9.18 Å². The molecule has 0 aliphatic carbocycles. The van der Waals surface area contributed by atoms with Gasteiger partial charge in [-0.1, -0.05) is 40.5 Å². The standard InChI is InChI=1S/C15H12BrClFNO/c1-2-9-8-10(16)6-7-13(9)19-15(20)11-4-3-5-12(18)14(11)17/h3-8H,2H2,1H3,(H,19,20). The number of halogens is 3. The summed E-state index contributed by atoms with van der Waals surface area (Å²) in [5.41, 5.74) is 1.80. The molecule has 1 amide bonds. The van der Waals surface area contributed by atoms with E-state index in [1.54, 1.807) is 6.07 Å². The minimum atomic E-state index is -0.606. The van der Waals surface area contributed by atoms with E-state index < -0.39 is 11.7 Å². The lowest BCUT2D eigenvalue weighted by atomic mass is 10.1. The highest BCUT2D eigenvalue weighted by molar-refractivity contribution is 9.10. The first-order chi connectivity index (χ1) is 9.52. The first-order valence-corrected chi connectivity index (χ1v) is 7.23. The molecule has 0 atom stereocenters. The number of rotatable bonds is 3. The smallest absolute Gasteiger partial charge is 0.257 e. The Hall–Kier alpha value is -1.39. The van der Waals surface area contributed by atoms with Crippen LogP contribution in [0, 0.1) is 5.82 Å². The average Bonchev–Trinajstić information content (AvgIpc) is 2.43. The van der Waals surface area contributed by atoms with Gasteiger partial charge < -0.3 is 5.32 Å². The number of nitrogens with one attached hydrogen (secondary N) is 1. The van der Waals surface area contributed by atoms with Gasteiger partial charge in [0.1, 0.15) is 5.82 Å². The van der Waals surface area contributed by atoms with Gasteiger partial charge in [-0.15, -0.1) is 0 Å². The average molecular weight is 357 g/mol. The van der Waals surface area contributed by atoms with Gasteiger partial charge >= 0.3 is 0 Å². The Morgan fingerprint density at radius 1 is 1.35 bits per heavy atom. The zero-order valence-electron chi connectivity index (χ0n) is 10.7. The molecule has 2 aromatic carbocycles. The van der Waals surface area contributed by atoms with E-state index in [0.29, 0.717) is 5.69 Å². The lowest BCUT2D eigenvalue weighted by Gasteiger charge is -2.11. The molecule has 20 heavy (non-hydrogen) atoms. The van der Waals surface area contributed by atoms with Crippen molar-refractivity contribution in [3.05, 3.63) is 62.8 Å². The Labute approximate surface area is 130 Å². The number of hydrogen-bond acceptors (Lipinski definition) is 1. The maximum atomic E-state index is 13.4. The molecule has 0 aliphatic rings. The molecule has 0 unspecified atom stereocenters. The molecule has 1 N–H and O–H groups in total. The van der Waals surface area contributed by atoms with Gasteiger partial charge in [0.2, 0.25) is 0 Å². The van der Waals surface area contributed by atoms with Crippen LogP contribution in [-0.2, 0) is 6.42 Å². The fourth-order valence-corrected chi connectivity index (χ4v) is 2.47. The van der Waals surface area contributed by atoms with Crippen LogP contribution in [0.15, 0.2) is 40.9 Å². The maximum absolute atomic E-state index is 13.4. The van der Waals surface area contributed by atoms with E-state index in [2.05, 4.69) is 21.2 Å². The van der Waals surface area contributed by atoms with Crippen molar-refractivity contribution in [2.24, 2.45) is 0 Å². The molecule has 0 heterocycles. The summed E-state index contributed by atoms with van der Waals surface area (Å²) < 4.78 is 14.3. The van der Waals surface area contributed by atoms with Crippen LogP contribution >= 0.6 is 27.5 Å². The van der Waals surface area contributed by atoms with Crippen LogP contribution in [0.1, 0.15) is 22.8 Å². The minimum absolute atomic E-state index is 0.122. The fraction of sp³-hybridized carbons (Fsp3) is 0.133. The summed E-state index contributed by atoms with van der Waals surface area (Å²) in [5, 5.41) is 2.60. The number of amides is 1.